The Balaban J connectivity index is 2.94. The summed E-state index contributed by atoms with van der Waals surface area (Å²) in [5, 5.41) is 11.6. The van der Waals surface area contributed by atoms with E-state index in [0.717, 1.165) is 11.3 Å². The molecule has 1 aromatic rings. The van der Waals surface area contributed by atoms with Crippen LogP contribution in [0.5, 0.6) is 0 Å². The Bertz CT molecular complexity index is 404. The highest BCUT2D eigenvalue weighted by Crippen LogP contribution is 2.17. The Kier molecular flexibility index (Phi) is 3.62. The number of carbonyl (C=O) groups is 1. The van der Waals surface area contributed by atoms with E-state index in [9.17, 15) is 4.79 Å². The van der Waals surface area contributed by atoms with Crippen molar-refractivity contribution in [3.8, 4) is 0 Å². The smallest absolute Gasteiger partial charge is 0.307 e. The summed E-state index contributed by atoms with van der Waals surface area (Å²) < 4.78 is 0. The Morgan fingerprint density at radius 2 is 2.27 bits per heavy atom. The number of aryl methyl sites for hydroxylation is 1. The molecule has 0 unspecified atom stereocenters. The van der Waals surface area contributed by atoms with Crippen LogP contribution in [0.25, 0.3) is 0 Å². The van der Waals surface area contributed by atoms with Crippen molar-refractivity contribution in [2.24, 2.45) is 5.73 Å². The first-order valence-electron chi connectivity index (χ1n) is 4.37. The number of benzene rings is 1. The fourth-order valence-corrected chi connectivity index (χ4v) is 1.33. The molecule has 0 bridgehead atoms. The molecule has 15 heavy (non-hydrogen) atoms. The van der Waals surface area contributed by atoms with E-state index in [1.165, 1.54) is 0 Å². The monoisotopic (exact) mass is 224 g/mol. The molecule has 0 aromatic heterocycles. The summed E-state index contributed by atoms with van der Waals surface area (Å²) >= 11 is 4.72. The van der Waals surface area contributed by atoms with Gasteiger partial charge in [0.25, 0.3) is 0 Å². The van der Waals surface area contributed by atoms with Gasteiger partial charge in [-0.15, -0.1) is 0 Å². The molecule has 0 radical (unpaired) electrons. The zero-order chi connectivity index (χ0) is 11.4. The molecule has 1 rings (SSSR count). The minimum atomic E-state index is -0.861. The number of anilines is 1. The molecule has 4 nitrogen and oxygen atoms in total. The lowest BCUT2D eigenvalue weighted by Crippen LogP contribution is -2.19. The molecule has 0 aliphatic carbocycles. The second-order valence-corrected chi connectivity index (χ2v) is 3.65. The summed E-state index contributed by atoms with van der Waals surface area (Å²) in [5.74, 6) is -0.861. The van der Waals surface area contributed by atoms with Crippen LogP contribution in [0.4, 0.5) is 5.69 Å². The molecule has 80 valence electrons. The summed E-state index contributed by atoms with van der Waals surface area (Å²) in [6, 6.07) is 5.34. The zero-order valence-corrected chi connectivity index (χ0v) is 9.10. The predicted molar refractivity (Wildman–Crippen MR) is 62.9 cm³/mol. The van der Waals surface area contributed by atoms with E-state index in [1.807, 2.05) is 13.0 Å². The van der Waals surface area contributed by atoms with Gasteiger partial charge in [0.15, 0.2) is 5.11 Å². The van der Waals surface area contributed by atoms with Gasteiger partial charge >= 0.3 is 5.97 Å². The second-order valence-electron chi connectivity index (χ2n) is 3.21. The highest BCUT2D eigenvalue weighted by atomic mass is 32.1. The SMILES string of the molecule is Cc1ccc(CC(=O)O)cc1NC(N)=S. The van der Waals surface area contributed by atoms with Gasteiger partial charge in [0.2, 0.25) is 0 Å². The van der Waals surface area contributed by atoms with Crippen molar-refractivity contribution in [3.05, 3.63) is 29.3 Å². The summed E-state index contributed by atoms with van der Waals surface area (Å²) in [6.07, 6.45) is -0.00765. The van der Waals surface area contributed by atoms with Crippen molar-refractivity contribution in [3.63, 3.8) is 0 Å². The normalized spacial score (nSPS) is 9.67. The van der Waals surface area contributed by atoms with E-state index < -0.39 is 5.97 Å². The van der Waals surface area contributed by atoms with Crippen molar-refractivity contribution < 1.29 is 9.90 Å². The minimum Gasteiger partial charge on any atom is -0.481 e. The molecule has 0 heterocycles. The molecule has 0 amide bonds. The Labute approximate surface area is 93.1 Å². The van der Waals surface area contributed by atoms with E-state index >= 15 is 0 Å². The highest BCUT2D eigenvalue weighted by Gasteiger charge is 2.04. The lowest BCUT2D eigenvalue weighted by atomic mass is 10.1. The minimum absolute atomic E-state index is 0.00765. The van der Waals surface area contributed by atoms with Crippen LogP contribution >= 0.6 is 12.2 Å². The number of rotatable bonds is 3. The Morgan fingerprint density at radius 3 is 2.80 bits per heavy atom. The maximum absolute atomic E-state index is 10.5. The van der Waals surface area contributed by atoms with Crippen LogP contribution < -0.4 is 11.1 Å². The molecule has 0 spiro atoms. The molecule has 0 atom stereocenters. The number of carboxylic acids is 1. The first-order chi connectivity index (χ1) is 6.99. The molecule has 0 aliphatic rings. The van der Waals surface area contributed by atoms with Crippen molar-refractivity contribution in [2.75, 3.05) is 5.32 Å². The molecular weight excluding hydrogens is 212 g/mol. The van der Waals surface area contributed by atoms with Crippen molar-refractivity contribution in [1.29, 1.82) is 0 Å². The van der Waals surface area contributed by atoms with Crippen LogP contribution in [0.3, 0.4) is 0 Å². The molecule has 0 saturated heterocycles. The number of nitrogens with two attached hydrogens (primary N) is 1. The first-order valence-corrected chi connectivity index (χ1v) is 4.77. The van der Waals surface area contributed by atoms with Crippen LogP contribution in [0.2, 0.25) is 0 Å². The van der Waals surface area contributed by atoms with Gasteiger partial charge in [-0.05, 0) is 36.3 Å². The average Bonchev–Trinajstić information content (AvgIpc) is 2.09. The van der Waals surface area contributed by atoms with Crippen LogP contribution in [-0.2, 0) is 11.2 Å². The highest BCUT2D eigenvalue weighted by molar-refractivity contribution is 7.80. The topological polar surface area (TPSA) is 75.3 Å². The molecular formula is C10H12N2O2S. The largest absolute Gasteiger partial charge is 0.481 e. The lowest BCUT2D eigenvalue weighted by Gasteiger charge is -2.09. The number of thiocarbonyl (C=S) groups is 1. The van der Waals surface area contributed by atoms with Crippen molar-refractivity contribution in [2.45, 2.75) is 13.3 Å². The number of hydrogen-bond acceptors (Lipinski definition) is 2. The Morgan fingerprint density at radius 1 is 1.60 bits per heavy atom. The maximum Gasteiger partial charge on any atom is 0.307 e. The molecule has 0 aliphatic heterocycles. The second kappa shape index (κ2) is 4.75. The molecule has 0 fully saturated rings. The van der Waals surface area contributed by atoms with E-state index in [4.69, 9.17) is 23.1 Å². The van der Waals surface area contributed by atoms with Gasteiger partial charge in [-0.2, -0.15) is 0 Å². The van der Waals surface area contributed by atoms with Gasteiger partial charge in [-0.1, -0.05) is 12.1 Å². The van der Waals surface area contributed by atoms with Crippen molar-refractivity contribution in [1.82, 2.24) is 0 Å². The number of carboxylic acid groups (broad SMARTS) is 1. The van der Waals surface area contributed by atoms with Gasteiger partial charge in [0.05, 0.1) is 6.42 Å². The van der Waals surface area contributed by atoms with E-state index in [-0.39, 0.29) is 11.5 Å². The Hall–Kier alpha value is -1.62. The fraction of sp³-hybridized carbons (Fsp3) is 0.200. The number of aliphatic carboxylic acids is 1. The van der Waals surface area contributed by atoms with Gasteiger partial charge < -0.3 is 16.2 Å². The quantitative estimate of drug-likeness (QED) is 0.674. The standard InChI is InChI=1S/C10H12N2O2S/c1-6-2-3-7(5-9(13)14)4-8(6)12-10(11)15/h2-4H,5H2,1H3,(H,13,14)(H3,11,12,15). The lowest BCUT2D eigenvalue weighted by molar-refractivity contribution is -0.136. The van der Waals surface area contributed by atoms with Crippen LogP contribution in [0.1, 0.15) is 11.1 Å². The van der Waals surface area contributed by atoms with Gasteiger partial charge in [0, 0.05) is 5.69 Å². The average molecular weight is 224 g/mol. The van der Waals surface area contributed by atoms with Gasteiger partial charge in [0.1, 0.15) is 0 Å². The van der Waals surface area contributed by atoms with Gasteiger partial charge in [-0.3, -0.25) is 4.79 Å². The third-order valence-corrected chi connectivity index (χ3v) is 2.02. The first kappa shape index (κ1) is 11.5. The van der Waals surface area contributed by atoms with Crippen LogP contribution in [0.15, 0.2) is 18.2 Å². The number of hydrogen-bond donors (Lipinski definition) is 3. The van der Waals surface area contributed by atoms with E-state index in [0.29, 0.717) is 5.56 Å². The van der Waals surface area contributed by atoms with Crippen LogP contribution in [-0.4, -0.2) is 16.2 Å². The van der Waals surface area contributed by atoms with E-state index in [2.05, 4.69) is 5.32 Å². The summed E-state index contributed by atoms with van der Waals surface area (Å²) in [6.45, 7) is 1.89. The third-order valence-electron chi connectivity index (χ3n) is 1.92. The summed E-state index contributed by atoms with van der Waals surface area (Å²) in [4.78, 5) is 10.5. The maximum atomic E-state index is 10.5. The summed E-state index contributed by atoms with van der Waals surface area (Å²) in [7, 11) is 0. The molecule has 5 heteroatoms. The zero-order valence-electron chi connectivity index (χ0n) is 8.28. The number of nitrogens with one attached hydrogen (secondary N) is 1. The molecule has 4 N–H and O–H groups in total. The molecule has 1 aromatic carbocycles. The fourth-order valence-electron chi connectivity index (χ4n) is 1.22. The third kappa shape index (κ3) is 3.55. The molecule has 0 saturated carbocycles. The predicted octanol–water partition coefficient (Wildman–Crippen LogP) is 1.28. The summed E-state index contributed by atoms with van der Waals surface area (Å²) in [5.41, 5.74) is 7.78. The van der Waals surface area contributed by atoms with Gasteiger partial charge in [-0.25, -0.2) is 0 Å². The van der Waals surface area contributed by atoms with Crippen LogP contribution in [0, 0.1) is 6.92 Å². The van der Waals surface area contributed by atoms with E-state index in [1.54, 1.807) is 12.1 Å². The van der Waals surface area contributed by atoms with Crippen molar-refractivity contribution >= 4 is 29.0 Å².